The SMILES string of the molecule is CC(C)n1c(/C=C/[C@@H](O)C[C@@H](O)CC(=O)OCCCCCCCCCOC(=O)C(C)(C)Oc2ccc(Cl)cc2)c(-c2ccc(F)cc2)c2ccccc21. The first-order valence-corrected chi connectivity index (χ1v) is 18.9. The van der Waals surface area contributed by atoms with Crippen molar-refractivity contribution in [2.24, 2.45) is 0 Å². The lowest BCUT2D eigenvalue weighted by Crippen LogP contribution is -2.39. The molecule has 0 spiro atoms. The van der Waals surface area contributed by atoms with Gasteiger partial charge in [-0.2, -0.15) is 0 Å². The van der Waals surface area contributed by atoms with Crippen molar-refractivity contribution in [2.75, 3.05) is 13.2 Å². The molecule has 4 aromatic rings. The maximum atomic E-state index is 13.8. The maximum Gasteiger partial charge on any atom is 0.349 e. The van der Waals surface area contributed by atoms with Gasteiger partial charge in [0.1, 0.15) is 11.6 Å². The van der Waals surface area contributed by atoms with Crippen molar-refractivity contribution in [3.05, 3.63) is 95.4 Å². The molecular formula is C43H53ClFNO7. The zero-order valence-electron chi connectivity index (χ0n) is 31.2. The summed E-state index contributed by atoms with van der Waals surface area (Å²) in [4.78, 5) is 24.8. The summed E-state index contributed by atoms with van der Waals surface area (Å²) in [5.41, 5.74) is 2.57. The molecule has 0 saturated carbocycles. The van der Waals surface area contributed by atoms with Crippen LogP contribution in [0, 0.1) is 5.82 Å². The molecule has 4 rings (SSSR count). The number of aliphatic hydroxyl groups excluding tert-OH is 2. The fraction of sp³-hybridized carbons (Fsp3) is 0.442. The van der Waals surface area contributed by atoms with E-state index in [-0.39, 0.29) is 31.3 Å². The monoisotopic (exact) mass is 749 g/mol. The molecule has 8 nitrogen and oxygen atoms in total. The second-order valence-electron chi connectivity index (χ2n) is 14.2. The molecule has 3 aromatic carbocycles. The Kier molecular flexibility index (Phi) is 15.9. The molecule has 0 fully saturated rings. The number of unbranched alkanes of at least 4 members (excludes halogenated alkanes) is 6. The second-order valence-corrected chi connectivity index (χ2v) is 14.6. The first kappa shape index (κ1) is 41.6. The van der Waals surface area contributed by atoms with Gasteiger partial charge in [0.15, 0.2) is 5.60 Å². The van der Waals surface area contributed by atoms with E-state index in [2.05, 4.69) is 18.4 Å². The highest BCUT2D eigenvalue weighted by molar-refractivity contribution is 6.30. The first-order valence-electron chi connectivity index (χ1n) is 18.6. The Morgan fingerprint density at radius 1 is 0.849 bits per heavy atom. The molecule has 0 aliphatic heterocycles. The van der Waals surface area contributed by atoms with Gasteiger partial charge in [0.2, 0.25) is 0 Å². The van der Waals surface area contributed by atoms with Crippen LogP contribution >= 0.6 is 11.6 Å². The Bertz CT molecular complexity index is 1780. The smallest absolute Gasteiger partial charge is 0.349 e. The lowest BCUT2D eigenvalue weighted by Gasteiger charge is -2.24. The van der Waals surface area contributed by atoms with E-state index in [4.69, 9.17) is 25.8 Å². The summed E-state index contributed by atoms with van der Waals surface area (Å²) in [5.74, 6) is -0.678. The number of rotatable bonds is 21. The molecule has 2 atom stereocenters. The lowest BCUT2D eigenvalue weighted by molar-refractivity contribution is -0.159. The number of para-hydroxylation sites is 1. The van der Waals surface area contributed by atoms with Gasteiger partial charge in [-0.1, -0.05) is 80.1 Å². The molecule has 1 heterocycles. The third kappa shape index (κ3) is 12.7. The molecule has 2 N–H and O–H groups in total. The molecule has 286 valence electrons. The zero-order chi connectivity index (χ0) is 38.4. The number of carbonyl (C=O) groups is 2. The van der Waals surface area contributed by atoms with E-state index in [0.717, 1.165) is 72.7 Å². The van der Waals surface area contributed by atoms with Gasteiger partial charge in [0.25, 0.3) is 0 Å². The molecule has 0 saturated heterocycles. The van der Waals surface area contributed by atoms with Gasteiger partial charge in [0.05, 0.1) is 31.8 Å². The van der Waals surface area contributed by atoms with E-state index in [1.807, 2.05) is 30.3 Å². The highest BCUT2D eigenvalue weighted by Crippen LogP contribution is 2.38. The van der Waals surface area contributed by atoms with Crippen LogP contribution < -0.4 is 4.74 Å². The van der Waals surface area contributed by atoms with Crippen molar-refractivity contribution in [2.45, 2.75) is 109 Å². The van der Waals surface area contributed by atoms with E-state index < -0.39 is 29.7 Å². The van der Waals surface area contributed by atoms with Crippen molar-refractivity contribution in [3.8, 4) is 16.9 Å². The normalized spacial score (nSPS) is 13.1. The van der Waals surface area contributed by atoms with E-state index >= 15 is 0 Å². The van der Waals surface area contributed by atoms with Gasteiger partial charge in [-0.3, -0.25) is 4.79 Å². The zero-order valence-corrected chi connectivity index (χ0v) is 32.0. The molecule has 0 radical (unpaired) electrons. The van der Waals surface area contributed by atoms with Crippen molar-refractivity contribution >= 4 is 40.5 Å². The van der Waals surface area contributed by atoms with Crippen LogP contribution in [-0.2, 0) is 19.1 Å². The van der Waals surface area contributed by atoms with Crippen molar-refractivity contribution in [1.82, 2.24) is 4.57 Å². The van der Waals surface area contributed by atoms with Crippen LogP contribution in [0.25, 0.3) is 28.1 Å². The third-order valence-electron chi connectivity index (χ3n) is 8.95. The Labute approximate surface area is 317 Å². The number of carbonyl (C=O) groups excluding carboxylic acids is 2. The van der Waals surface area contributed by atoms with E-state index in [9.17, 15) is 24.2 Å². The van der Waals surface area contributed by atoms with Gasteiger partial charge in [-0.05, 0) is 94.6 Å². The van der Waals surface area contributed by atoms with Crippen LogP contribution in [0.1, 0.15) is 97.2 Å². The number of nitrogens with zero attached hydrogens (tertiary/aromatic N) is 1. The topological polar surface area (TPSA) is 107 Å². The fourth-order valence-corrected chi connectivity index (χ4v) is 6.40. The van der Waals surface area contributed by atoms with E-state index in [1.165, 1.54) is 12.1 Å². The Balaban J connectivity index is 1.10. The summed E-state index contributed by atoms with van der Waals surface area (Å²) in [6.07, 6.45) is 7.58. The average Bonchev–Trinajstić information content (AvgIpc) is 3.45. The number of hydrogen-bond acceptors (Lipinski definition) is 7. The summed E-state index contributed by atoms with van der Waals surface area (Å²) < 4.78 is 32.5. The van der Waals surface area contributed by atoms with Crippen LogP contribution in [0.5, 0.6) is 5.75 Å². The quantitative estimate of drug-likeness (QED) is 0.0645. The summed E-state index contributed by atoms with van der Waals surface area (Å²) in [6, 6.07) is 21.3. The number of ether oxygens (including phenoxy) is 3. The molecule has 0 bridgehead atoms. The van der Waals surface area contributed by atoms with Crippen molar-refractivity contribution in [1.29, 1.82) is 0 Å². The van der Waals surface area contributed by atoms with Crippen LogP contribution in [0.4, 0.5) is 4.39 Å². The standard InChI is InChI=1S/C43H53ClFNO7/c1-30(2)46-38-15-11-10-14-37(38)41(31-16-20-33(45)21-17-31)39(46)25-22-34(47)28-35(48)29-40(49)51-26-12-8-6-5-7-9-13-27-52-42(50)43(3,4)53-36-23-18-32(44)19-24-36/h10-11,14-25,30,34-35,47-48H,5-9,12-13,26-29H2,1-4H3/b25-22+/t34-,35-/m1/s1. The number of aliphatic hydroxyl groups is 2. The molecule has 0 amide bonds. The van der Waals surface area contributed by atoms with Gasteiger partial charge in [-0.25, -0.2) is 9.18 Å². The van der Waals surface area contributed by atoms with Gasteiger partial charge >= 0.3 is 11.9 Å². The molecule has 0 unspecified atom stereocenters. The van der Waals surface area contributed by atoms with Gasteiger partial charge in [0, 0.05) is 39.6 Å². The van der Waals surface area contributed by atoms with Crippen LogP contribution in [0.3, 0.4) is 0 Å². The molecule has 0 aliphatic carbocycles. The Morgan fingerprint density at radius 2 is 1.45 bits per heavy atom. The largest absolute Gasteiger partial charge is 0.476 e. The number of esters is 2. The number of benzene rings is 3. The summed E-state index contributed by atoms with van der Waals surface area (Å²) in [5, 5.41) is 22.9. The minimum Gasteiger partial charge on any atom is -0.476 e. The third-order valence-corrected chi connectivity index (χ3v) is 9.21. The van der Waals surface area contributed by atoms with E-state index in [1.54, 1.807) is 56.3 Å². The Hall–Kier alpha value is -4.18. The van der Waals surface area contributed by atoms with Gasteiger partial charge in [-0.15, -0.1) is 0 Å². The summed E-state index contributed by atoms with van der Waals surface area (Å²) in [7, 11) is 0. The second kappa shape index (κ2) is 20.3. The minimum atomic E-state index is -1.11. The van der Waals surface area contributed by atoms with Crippen molar-refractivity contribution < 1.29 is 38.4 Å². The highest BCUT2D eigenvalue weighted by Gasteiger charge is 2.31. The highest BCUT2D eigenvalue weighted by atomic mass is 35.5. The lowest BCUT2D eigenvalue weighted by atomic mass is 10.0. The average molecular weight is 750 g/mol. The number of aromatic nitrogens is 1. The van der Waals surface area contributed by atoms with Crippen LogP contribution in [0.15, 0.2) is 78.9 Å². The minimum absolute atomic E-state index is 0.0203. The number of fused-ring (bicyclic) bond motifs is 1. The van der Waals surface area contributed by atoms with Crippen molar-refractivity contribution in [3.63, 3.8) is 0 Å². The molecule has 0 aliphatic rings. The van der Waals surface area contributed by atoms with Crippen LogP contribution in [0.2, 0.25) is 5.02 Å². The molecule has 1 aromatic heterocycles. The first-order chi connectivity index (χ1) is 25.4. The summed E-state index contributed by atoms with van der Waals surface area (Å²) in [6.45, 7) is 8.13. The molecule has 53 heavy (non-hydrogen) atoms. The summed E-state index contributed by atoms with van der Waals surface area (Å²) >= 11 is 5.90. The molecular weight excluding hydrogens is 697 g/mol. The number of hydrogen-bond donors (Lipinski definition) is 2. The van der Waals surface area contributed by atoms with E-state index in [0.29, 0.717) is 17.4 Å². The Morgan fingerprint density at radius 3 is 2.09 bits per heavy atom. The predicted molar refractivity (Wildman–Crippen MR) is 208 cm³/mol. The number of halogens is 2. The fourth-order valence-electron chi connectivity index (χ4n) is 6.27. The van der Waals surface area contributed by atoms with Crippen LogP contribution in [-0.4, -0.2) is 57.7 Å². The van der Waals surface area contributed by atoms with Gasteiger partial charge < -0.3 is 29.0 Å². The maximum absolute atomic E-state index is 13.8. The predicted octanol–water partition coefficient (Wildman–Crippen LogP) is 9.87. The molecule has 10 heteroatoms.